The molecule has 0 heterocycles. The average molecular weight is 1090 g/mol. The van der Waals surface area contributed by atoms with Gasteiger partial charge in [-0.3, -0.25) is 0 Å². The van der Waals surface area contributed by atoms with Crippen molar-refractivity contribution in [2.24, 2.45) is 27.5 Å². The third-order valence-corrected chi connectivity index (χ3v) is 32.5. The van der Waals surface area contributed by atoms with E-state index in [1.165, 1.54) is 36.8 Å². The quantitative estimate of drug-likeness (QED) is 0.0947. The van der Waals surface area contributed by atoms with Gasteiger partial charge in [0.25, 0.3) is 0 Å². The molecule has 73 heavy (non-hydrogen) atoms. The minimum atomic E-state index is -2.81. The Balaban J connectivity index is 0.000000268. The molecule has 4 saturated carbocycles. The number of rotatable bonds is 14. The third-order valence-electron chi connectivity index (χ3n) is 18.1. The van der Waals surface area contributed by atoms with Crippen molar-refractivity contribution in [3.8, 4) is 0 Å². The van der Waals surface area contributed by atoms with Crippen LogP contribution in [0.3, 0.4) is 0 Å². The van der Waals surface area contributed by atoms with Crippen LogP contribution in [-0.2, 0) is 23.1 Å². The molecule has 406 valence electrons. The largest absolute Gasteiger partial charge is 0.414 e. The van der Waals surface area contributed by atoms with Gasteiger partial charge in [-0.2, -0.15) is 13.5 Å². The van der Waals surface area contributed by atoms with Crippen LogP contribution in [0, 0.1) is 23.2 Å². The van der Waals surface area contributed by atoms with Crippen molar-refractivity contribution in [3.63, 3.8) is 0 Å². The summed E-state index contributed by atoms with van der Waals surface area (Å²) in [6.45, 7) is 28.1. The molecule has 9 atom stereocenters. The lowest BCUT2D eigenvalue weighted by molar-refractivity contribution is 0.0609. The topological polar surface area (TPSA) is 105 Å². The second-order valence-electron chi connectivity index (χ2n) is 25.3. The van der Waals surface area contributed by atoms with E-state index in [9.17, 15) is 19.0 Å². The Morgan fingerprint density at radius 1 is 0.753 bits per heavy atom. The molecule has 4 fully saturated rings. The van der Waals surface area contributed by atoms with E-state index in [0.717, 1.165) is 47.6 Å². The van der Waals surface area contributed by atoms with Crippen LogP contribution < -0.4 is 10.6 Å². The molecule has 12 heteroatoms. The second-order valence-corrected chi connectivity index (χ2v) is 40.2. The zero-order chi connectivity index (χ0) is 52.8. The first kappa shape index (κ1) is 61.5. The lowest BCUT2D eigenvalue weighted by atomic mass is 9.61. The van der Waals surface area contributed by atoms with Crippen LogP contribution >= 0.6 is 20.6 Å². The van der Waals surface area contributed by atoms with E-state index in [1.54, 1.807) is 12.6 Å². The predicted octanol–water partition coefficient (Wildman–Crippen LogP) is 15.1. The molecule has 7 rings (SSSR count). The maximum Gasteiger partial charge on any atom is 0.192 e. The van der Waals surface area contributed by atoms with Gasteiger partial charge in [-0.15, -0.1) is 0 Å². The molecule has 4 aliphatic rings. The first-order chi connectivity index (χ1) is 33.7. The van der Waals surface area contributed by atoms with Gasteiger partial charge >= 0.3 is 0 Å². The zero-order valence-electron chi connectivity index (χ0n) is 47.2. The first-order valence-electron chi connectivity index (χ1n) is 27.4. The summed E-state index contributed by atoms with van der Waals surface area (Å²) in [4.78, 5) is 0.856. The Morgan fingerprint density at radius 2 is 1.25 bits per heavy atom. The van der Waals surface area contributed by atoms with Crippen molar-refractivity contribution in [2.45, 2.75) is 198 Å². The summed E-state index contributed by atoms with van der Waals surface area (Å²) in [5, 5.41) is 22.2. The smallest absolute Gasteiger partial charge is 0.192 e. The van der Waals surface area contributed by atoms with Gasteiger partial charge < -0.3 is 23.6 Å². The standard InChI is InChI=1S/C32H51O3PSi2.C29H43NO3S.H2S/c1-31(2,3)37(7,8)34-27-23-26(24-28(25-27)35-38(9,10)32(4,5)6)21-22-36(33,29-17-13-11-14-18-29)30-19-15-12-16-20-30;1-21(15-17-34(33,30-3)26-9-5-4-6-10-26)27-13-14-28-23(8-7-16-29(27,28)2)12-11-22-18-24(31)20-25(32)19-22;/h11-21,27-28H,22-25H2,1-10H3;4-6,9-12,21,24-25,27-28,31-32H,7-8,13-20H2,1-3H3;1H2/b;23-12+;/t27-,28-;21-,24-,25-,27-,28+,29-,34?;/m11./s1. The highest BCUT2D eigenvalue weighted by Crippen LogP contribution is 2.60. The van der Waals surface area contributed by atoms with Crippen molar-refractivity contribution < 1.29 is 27.8 Å². The molecule has 0 radical (unpaired) electrons. The number of aliphatic hydroxyl groups excluding tert-OH is 2. The minimum absolute atomic E-state index is 0. The van der Waals surface area contributed by atoms with Gasteiger partial charge in [0.1, 0.15) is 7.14 Å². The van der Waals surface area contributed by atoms with E-state index in [0.29, 0.717) is 54.3 Å². The Bertz CT molecular complexity index is 2420. The Labute approximate surface area is 453 Å². The van der Waals surface area contributed by atoms with E-state index in [2.05, 4.69) is 104 Å². The predicted molar refractivity (Wildman–Crippen MR) is 321 cm³/mol. The maximum atomic E-state index is 14.6. The van der Waals surface area contributed by atoms with Crippen LogP contribution in [0.25, 0.3) is 0 Å². The fourth-order valence-corrected chi connectivity index (χ4v) is 19.0. The summed E-state index contributed by atoms with van der Waals surface area (Å²) in [6.07, 6.45) is 18.4. The normalized spacial score (nSPS) is 26.9. The third kappa shape index (κ3) is 15.5. The lowest BCUT2D eigenvalue weighted by Gasteiger charge is -2.45. The number of benzene rings is 3. The van der Waals surface area contributed by atoms with Gasteiger partial charge in [-0.1, -0.05) is 169 Å². The molecule has 3 aromatic carbocycles. The van der Waals surface area contributed by atoms with E-state index < -0.39 is 45.7 Å². The van der Waals surface area contributed by atoms with E-state index in [1.807, 2.05) is 91.0 Å². The number of aliphatic hydroxyl groups is 2. The molecule has 2 N–H and O–H groups in total. The van der Waals surface area contributed by atoms with Crippen LogP contribution in [0.2, 0.25) is 36.3 Å². The highest BCUT2D eigenvalue weighted by Gasteiger charge is 2.51. The van der Waals surface area contributed by atoms with E-state index >= 15 is 0 Å². The maximum absolute atomic E-state index is 14.6. The van der Waals surface area contributed by atoms with Crippen LogP contribution in [-0.4, -0.2) is 74.4 Å². The second kappa shape index (κ2) is 25.4. The molecule has 0 aliphatic heterocycles. The molecular weight excluding hydrogens is 994 g/mol. The first-order valence-corrected chi connectivity index (χ1v) is 36.8. The summed E-state index contributed by atoms with van der Waals surface area (Å²) in [6, 6.07) is 29.8. The van der Waals surface area contributed by atoms with Gasteiger partial charge in [0.2, 0.25) is 0 Å². The fourth-order valence-electron chi connectivity index (χ4n) is 11.9. The minimum Gasteiger partial charge on any atom is -0.414 e. The lowest BCUT2D eigenvalue weighted by Crippen LogP contribution is -2.48. The monoisotopic (exact) mass is 1090 g/mol. The van der Waals surface area contributed by atoms with Gasteiger partial charge in [0.15, 0.2) is 16.6 Å². The Morgan fingerprint density at radius 3 is 1.73 bits per heavy atom. The molecule has 1 unspecified atom stereocenters. The summed E-state index contributed by atoms with van der Waals surface area (Å²) in [5.74, 6) is 2.40. The number of hydrogen-bond donors (Lipinski definition) is 2. The van der Waals surface area contributed by atoms with Crippen LogP contribution in [0.4, 0.5) is 0 Å². The summed E-state index contributed by atoms with van der Waals surface area (Å²) < 4.78 is 46.5. The molecule has 7 nitrogen and oxygen atoms in total. The summed E-state index contributed by atoms with van der Waals surface area (Å²) in [7, 11) is -7.34. The highest BCUT2D eigenvalue weighted by atomic mass is 32.2. The Kier molecular flexibility index (Phi) is 21.4. The van der Waals surface area contributed by atoms with Crippen LogP contribution in [0.1, 0.15) is 132 Å². The summed E-state index contributed by atoms with van der Waals surface area (Å²) in [5.41, 5.74) is 4.36. The zero-order valence-corrected chi connectivity index (χ0v) is 51.9. The number of nitrogens with zero attached hydrogens (tertiary/aromatic N) is 1. The molecule has 0 amide bonds. The van der Waals surface area contributed by atoms with E-state index in [4.69, 9.17) is 8.85 Å². The number of allylic oxidation sites excluding steroid dienone is 4. The number of hydrogen-bond acceptors (Lipinski definition) is 7. The van der Waals surface area contributed by atoms with Crippen molar-refractivity contribution in [1.82, 2.24) is 0 Å². The Hall–Kier alpha value is -2.32. The fraction of sp³-hybridized carbons (Fsp3) is 0.607. The van der Waals surface area contributed by atoms with Gasteiger partial charge in [0.05, 0.1) is 34.1 Å². The average Bonchev–Trinajstić information content (AvgIpc) is 3.69. The van der Waals surface area contributed by atoms with Crippen LogP contribution in [0.5, 0.6) is 0 Å². The highest BCUT2D eigenvalue weighted by molar-refractivity contribution is 7.93. The number of fused-ring (bicyclic) bond motifs is 1. The van der Waals surface area contributed by atoms with Crippen molar-refractivity contribution >= 4 is 57.6 Å². The summed E-state index contributed by atoms with van der Waals surface area (Å²) >= 11 is 0. The van der Waals surface area contributed by atoms with Gasteiger partial charge in [-0.05, 0) is 149 Å². The molecule has 3 aromatic rings. The molecule has 0 spiro atoms. The van der Waals surface area contributed by atoms with E-state index in [-0.39, 0.29) is 35.8 Å². The molecular formula is C61H96NO6PS2Si2. The molecule has 0 aromatic heterocycles. The molecule has 0 saturated heterocycles. The van der Waals surface area contributed by atoms with Gasteiger partial charge in [0, 0.05) is 34.5 Å². The van der Waals surface area contributed by atoms with Crippen molar-refractivity contribution in [1.29, 1.82) is 0 Å². The SMILES string of the molecule is CC(C)(C)[Si](C)(C)O[C@@H]1CC(=CCP(=O)(c2ccccc2)c2ccccc2)C[C@@H](O[Si](C)(C)C(C)(C)C)C1.CN=S(=O)(CC[C@@H](C)[C@H]1CC[C@H]2/C(=C/C=C3C[C@@H](O)C[C@H](O)C3)CCC[C@]12C)c1ccccc1.S. The molecule has 4 aliphatic carbocycles. The van der Waals surface area contributed by atoms with Crippen LogP contribution in [0.15, 0.2) is 135 Å². The molecule has 0 bridgehead atoms. The van der Waals surface area contributed by atoms with Crippen molar-refractivity contribution in [2.75, 3.05) is 19.0 Å². The van der Waals surface area contributed by atoms with Crippen molar-refractivity contribution in [3.05, 3.63) is 126 Å². The van der Waals surface area contributed by atoms with Gasteiger partial charge in [-0.25, -0.2) is 8.57 Å².